The van der Waals surface area contributed by atoms with Crippen LogP contribution in [0.25, 0.3) is 0 Å². The molecule has 112 valence electrons. The van der Waals surface area contributed by atoms with E-state index in [1.54, 1.807) is 0 Å². The van der Waals surface area contributed by atoms with Gasteiger partial charge in [-0.25, -0.2) is 0 Å². The van der Waals surface area contributed by atoms with Crippen LogP contribution in [-0.4, -0.2) is 17.7 Å². The molecule has 0 bridgehead atoms. The van der Waals surface area contributed by atoms with Crippen LogP contribution in [0.3, 0.4) is 0 Å². The lowest BCUT2D eigenvalue weighted by molar-refractivity contribution is -0.711. The summed E-state index contributed by atoms with van der Waals surface area (Å²) < 4.78 is 0. The first-order chi connectivity index (χ1) is 9.82. The number of quaternary nitrogens is 1. The lowest BCUT2D eigenvalue weighted by atomic mass is 9.77. The Morgan fingerprint density at radius 3 is 1.81 bits per heavy atom. The van der Waals surface area contributed by atoms with Crippen LogP contribution in [0.4, 0.5) is 0 Å². The molecular formula is C18H22ClNO. The molecule has 1 heterocycles. The van der Waals surface area contributed by atoms with E-state index in [1.807, 2.05) is 60.7 Å². The molecule has 0 aromatic heterocycles. The van der Waals surface area contributed by atoms with Crippen LogP contribution in [0.15, 0.2) is 60.7 Å². The zero-order valence-corrected chi connectivity index (χ0v) is 12.8. The molecule has 1 saturated heterocycles. The molecular weight excluding hydrogens is 282 g/mol. The first-order valence-electron chi connectivity index (χ1n) is 7.48. The summed E-state index contributed by atoms with van der Waals surface area (Å²) in [5, 5.41) is 13.9. The Balaban J connectivity index is 0.00000161. The quantitative estimate of drug-likeness (QED) is 0.753. The van der Waals surface area contributed by atoms with Crippen LogP contribution in [0.2, 0.25) is 0 Å². The van der Waals surface area contributed by atoms with Gasteiger partial charge in [-0.1, -0.05) is 60.7 Å². The van der Waals surface area contributed by atoms with E-state index in [2.05, 4.69) is 5.32 Å². The van der Waals surface area contributed by atoms with E-state index in [9.17, 15) is 5.11 Å². The molecule has 0 radical (unpaired) electrons. The predicted octanol–water partition coefficient (Wildman–Crippen LogP) is -0.958. The maximum atomic E-state index is 11.5. The van der Waals surface area contributed by atoms with Gasteiger partial charge < -0.3 is 22.8 Å². The van der Waals surface area contributed by atoms with Crippen LogP contribution >= 0.6 is 0 Å². The maximum Gasteiger partial charge on any atom is 0.166 e. The fourth-order valence-electron chi connectivity index (χ4n) is 3.30. The van der Waals surface area contributed by atoms with E-state index in [-0.39, 0.29) is 18.4 Å². The minimum absolute atomic E-state index is 0. The standard InChI is InChI=1S/C18H21NO.ClH/c20-18(15-9-3-1-4-10-15,16-11-5-2-6-12-16)17-13-7-8-14-19-17;/h1-6,9-12,17,19-20H,7-8,13-14H2;1H/t17-;/m1./s1. The normalized spacial score (nSPS) is 18.8. The van der Waals surface area contributed by atoms with Gasteiger partial charge in [0.25, 0.3) is 0 Å². The zero-order chi connectivity index (χ0) is 13.8. The van der Waals surface area contributed by atoms with Crippen molar-refractivity contribution in [2.24, 2.45) is 0 Å². The molecule has 1 aliphatic heterocycles. The van der Waals surface area contributed by atoms with Crippen molar-refractivity contribution in [1.29, 1.82) is 0 Å². The van der Waals surface area contributed by atoms with Crippen molar-refractivity contribution >= 4 is 0 Å². The number of aliphatic hydroxyl groups is 1. The number of halogens is 1. The molecule has 0 unspecified atom stereocenters. The van der Waals surface area contributed by atoms with Crippen LogP contribution in [0, 0.1) is 0 Å². The van der Waals surface area contributed by atoms with Gasteiger partial charge in [0.1, 0.15) is 6.04 Å². The summed E-state index contributed by atoms with van der Waals surface area (Å²) >= 11 is 0. The summed E-state index contributed by atoms with van der Waals surface area (Å²) in [7, 11) is 0. The average molecular weight is 304 g/mol. The summed E-state index contributed by atoms with van der Waals surface area (Å²) in [4.78, 5) is 0. The van der Waals surface area contributed by atoms with Crippen molar-refractivity contribution in [2.75, 3.05) is 6.54 Å². The average Bonchev–Trinajstić information content (AvgIpc) is 2.56. The van der Waals surface area contributed by atoms with E-state index in [0.29, 0.717) is 0 Å². The second-order valence-electron chi connectivity index (χ2n) is 5.63. The molecule has 0 aliphatic carbocycles. The fourth-order valence-corrected chi connectivity index (χ4v) is 3.30. The third kappa shape index (κ3) is 3.13. The lowest BCUT2D eigenvalue weighted by Crippen LogP contribution is -3.00. The smallest absolute Gasteiger partial charge is 0.166 e. The van der Waals surface area contributed by atoms with Gasteiger partial charge in [-0.15, -0.1) is 0 Å². The number of nitrogens with two attached hydrogens (primary N) is 1. The lowest BCUT2D eigenvalue weighted by Gasteiger charge is -2.37. The highest BCUT2D eigenvalue weighted by molar-refractivity contribution is 5.37. The van der Waals surface area contributed by atoms with Gasteiger partial charge in [0.05, 0.1) is 6.54 Å². The summed E-state index contributed by atoms with van der Waals surface area (Å²) in [6.45, 7) is 1.10. The number of hydrogen-bond donors (Lipinski definition) is 2. The number of rotatable bonds is 3. The molecule has 1 aliphatic rings. The van der Waals surface area contributed by atoms with Crippen molar-refractivity contribution in [3.8, 4) is 0 Å². The largest absolute Gasteiger partial charge is 1.00 e. The minimum Gasteiger partial charge on any atom is -1.00 e. The second-order valence-corrected chi connectivity index (χ2v) is 5.63. The molecule has 2 nitrogen and oxygen atoms in total. The predicted molar refractivity (Wildman–Crippen MR) is 80.3 cm³/mol. The summed E-state index contributed by atoms with van der Waals surface area (Å²) in [5.74, 6) is 0. The molecule has 0 saturated carbocycles. The molecule has 3 N–H and O–H groups in total. The number of piperidine rings is 1. The Bertz CT molecular complexity index is 498. The van der Waals surface area contributed by atoms with Crippen molar-refractivity contribution in [2.45, 2.75) is 30.9 Å². The molecule has 3 rings (SSSR count). The Hall–Kier alpha value is -1.35. The van der Waals surface area contributed by atoms with Crippen molar-refractivity contribution in [3.05, 3.63) is 71.8 Å². The summed E-state index contributed by atoms with van der Waals surface area (Å²) in [5.41, 5.74) is 1.09. The summed E-state index contributed by atoms with van der Waals surface area (Å²) in [6.07, 6.45) is 3.50. The molecule has 2 aromatic carbocycles. The monoisotopic (exact) mass is 303 g/mol. The first kappa shape index (κ1) is 16.0. The van der Waals surface area contributed by atoms with E-state index < -0.39 is 5.60 Å². The molecule has 0 spiro atoms. The zero-order valence-electron chi connectivity index (χ0n) is 12.1. The van der Waals surface area contributed by atoms with Gasteiger partial charge in [0.15, 0.2) is 5.60 Å². The van der Waals surface area contributed by atoms with Gasteiger partial charge in [-0.05, 0) is 24.0 Å². The SMILES string of the molecule is OC(c1ccccc1)(c1ccccc1)[C@H]1CCCC[NH2+]1.[Cl-]. The van der Waals surface area contributed by atoms with Gasteiger partial charge in [-0.2, -0.15) is 0 Å². The van der Waals surface area contributed by atoms with E-state index in [4.69, 9.17) is 0 Å². The third-order valence-electron chi connectivity index (χ3n) is 4.38. The maximum absolute atomic E-state index is 11.5. The number of benzene rings is 2. The van der Waals surface area contributed by atoms with Gasteiger partial charge in [0, 0.05) is 6.42 Å². The van der Waals surface area contributed by atoms with Gasteiger partial charge in [-0.3, -0.25) is 0 Å². The first-order valence-corrected chi connectivity index (χ1v) is 7.48. The third-order valence-corrected chi connectivity index (χ3v) is 4.38. The molecule has 2 aromatic rings. The highest BCUT2D eigenvalue weighted by Crippen LogP contribution is 2.34. The second kappa shape index (κ2) is 7.08. The Morgan fingerprint density at radius 1 is 0.857 bits per heavy atom. The molecule has 3 heteroatoms. The number of hydrogen-bond acceptors (Lipinski definition) is 1. The highest BCUT2D eigenvalue weighted by atomic mass is 35.5. The van der Waals surface area contributed by atoms with Crippen LogP contribution < -0.4 is 17.7 Å². The highest BCUT2D eigenvalue weighted by Gasteiger charge is 2.43. The van der Waals surface area contributed by atoms with E-state index >= 15 is 0 Å². The molecule has 1 fully saturated rings. The van der Waals surface area contributed by atoms with Crippen molar-refractivity contribution < 1.29 is 22.8 Å². The molecule has 0 amide bonds. The van der Waals surface area contributed by atoms with Gasteiger partial charge >= 0.3 is 0 Å². The van der Waals surface area contributed by atoms with E-state index in [0.717, 1.165) is 24.1 Å². The fraction of sp³-hybridized carbons (Fsp3) is 0.333. The summed E-state index contributed by atoms with van der Waals surface area (Å²) in [6, 6.07) is 20.4. The molecule has 1 atom stereocenters. The van der Waals surface area contributed by atoms with Crippen molar-refractivity contribution in [1.82, 2.24) is 0 Å². The topological polar surface area (TPSA) is 36.8 Å². The van der Waals surface area contributed by atoms with Crippen LogP contribution in [0.5, 0.6) is 0 Å². The van der Waals surface area contributed by atoms with Crippen molar-refractivity contribution in [3.63, 3.8) is 0 Å². The Morgan fingerprint density at radius 2 is 1.38 bits per heavy atom. The van der Waals surface area contributed by atoms with Gasteiger partial charge in [0.2, 0.25) is 0 Å². The Kier molecular flexibility index (Phi) is 5.40. The minimum atomic E-state index is -0.900. The van der Waals surface area contributed by atoms with E-state index in [1.165, 1.54) is 12.8 Å². The Labute approximate surface area is 132 Å². The van der Waals surface area contributed by atoms with Crippen LogP contribution in [0.1, 0.15) is 30.4 Å². The molecule has 21 heavy (non-hydrogen) atoms. The van der Waals surface area contributed by atoms with Crippen LogP contribution in [-0.2, 0) is 5.60 Å².